The molecule has 3 nitrogen and oxygen atoms in total. The maximum Gasteiger partial charge on any atom is 0.119 e. The van der Waals surface area contributed by atoms with E-state index in [4.69, 9.17) is 4.74 Å². The molecule has 2 rings (SSSR count). The lowest BCUT2D eigenvalue weighted by atomic mass is 9.75. The van der Waals surface area contributed by atoms with E-state index < -0.39 is 0 Å². The average Bonchev–Trinajstić information content (AvgIpc) is 2.48. The molecule has 112 valence electrons. The Balaban J connectivity index is 2.13. The summed E-state index contributed by atoms with van der Waals surface area (Å²) in [7, 11) is 5.87. The minimum Gasteiger partial charge on any atom is -0.497 e. The lowest BCUT2D eigenvalue weighted by Crippen LogP contribution is -2.55. The monoisotopic (exact) mass is 277 g/mol. The number of methoxy groups -OCH3 is 1. The summed E-state index contributed by atoms with van der Waals surface area (Å²) in [5.74, 6) is 0.859. The van der Waals surface area contributed by atoms with Gasteiger partial charge in [-0.3, -0.25) is 0 Å². The van der Waals surface area contributed by atoms with Gasteiger partial charge in [-0.05, 0) is 44.6 Å². The maximum absolute atomic E-state index is 10.8. The summed E-state index contributed by atoms with van der Waals surface area (Å²) in [6.07, 6.45) is 6.26. The quantitative estimate of drug-likeness (QED) is 0.898. The smallest absolute Gasteiger partial charge is 0.119 e. The number of nitrogens with zero attached hydrogens (tertiary/aromatic N) is 1. The minimum absolute atomic E-state index is 0.0681. The fraction of sp³-hybridized carbons (Fsp3) is 0.647. The van der Waals surface area contributed by atoms with Gasteiger partial charge in [0, 0.05) is 12.0 Å². The van der Waals surface area contributed by atoms with E-state index in [1.165, 1.54) is 19.3 Å². The van der Waals surface area contributed by atoms with Gasteiger partial charge < -0.3 is 14.7 Å². The molecule has 0 heterocycles. The first-order chi connectivity index (χ1) is 9.58. The lowest BCUT2D eigenvalue weighted by Gasteiger charge is -2.46. The molecule has 1 N–H and O–H groups in total. The van der Waals surface area contributed by atoms with Gasteiger partial charge in [0.2, 0.25) is 0 Å². The van der Waals surface area contributed by atoms with Crippen LogP contribution in [0.5, 0.6) is 5.75 Å². The molecule has 1 atom stereocenters. The molecule has 1 unspecified atom stereocenters. The van der Waals surface area contributed by atoms with Crippen LogP contribution in [0.3, 0.4) is 0 Å². The van der Waals surface area contributed by atoms with Crippen molar-refractivity contribution in [3.8, 4) is 5.75 Å². The van der Waals surface area contributed by atoms with Crippen molar-refractivity contribution in [3.05, 3.63) is 29.8 Å². The maximum atomic E-state index is 10.8. The number of aliphatic hydroxyl groups is 1. The fourth-order valence-corrected chi connectivity index (χ4v) is 3.46. The van der Waals surface area contributed by atoms with Gasteiger partial charge in [-0.25, -0.2) is 0 Å². The number of aliphatic hydroxyl groups excluding tert-OH is 1. The lowest BCUT2D eigenvalue weighted by molar-refractivity contribution is -0.0310. The number of benzene rings is 1. The van der Waals surface area contributed by atoms with E-state index >= 15 is 0 Å². The van der Waals surface area contributed by atoms with E-state index in [-0.39, 0.29) is 11.6 Å². The molecule has 0 amide bonds. The molecule has 1 saturated carbocycles. The molecule has 0 aliphatic heterocycles. The summed E-state index contributed by atoms with van der Waals surface area (Å²) in [4.78, 5) is 2.23. The predicted molar refractivity (Wildman–Crippen MR) is 82.2 cm³/mol. The molecule has 1 aliphatic rings. The van der Waals surface area contributed by atoms with Crippen LogP contribution < -0.4 is 4.74 Å². The second kappa shape index (κ2) is 6.59. The molecular weight excluding hydrogens is 250 g/mol. The number of hydrogen-bond acceptors (Lipinski definition) is 3. The molecule has 1 aliphatic carbocycles. The molecule has 0 spiro atoms. The van der Waals surface area contributed by atoms with Crippen molar-refractivity contribution in [3.63, 3.8) is 0 Å². The molecule has 1 aromatic rings. The fourth-order valence-electron chi connectivity index (χ4n) is 3.46. The summed E-state index contributed by atoms with van der Waals surface area (Å²) < 4.78 is 5.26. The van der Waals surface area contributed by atoms with Crippen molar-refractivity contribution >= 4 is 0 Å². The van der Waals surface area contributed by atoms with E-state index in [0.717, 1.165) is 24.2 Å². The molecule has 0 aromatic heterocycles. The van der Waals surface area contributed by atoms with Crippen LogP contribution in [0.2, 0.25) is 0 Å². The summed E-state index contributed by atoms with van der Waals surface area (Å²) in [5.41, 5.74) is 1.07. The Hall–Kier alpha value is -1.06. The first-order valence-corrected chi connectivity index (χ1v) is 7.57. The van der Waals surface area contributed by atoms with E-state index in [2.05, 4.69) is 25.1 Å². The van der Waals surface area contributed by atoms with Gasteiger partial charge in [0.05, 0.1) is 13.2 Å². The largest absolute Gasteiger partial charge is 0.497 e. The van der Waals surface area contributed by atoms with Gasteiger partial charge in [0.15, 0.2) is 0 Å². The van der Waals surface area contributed by atoms with Crippen molar-refractivity contribution in [2.75, 3.05) is 21.2 Å². The second-order valence-corrected chi connectivity index (χ2v) is 6.13. The topological polar surface area (TPSA) is 32.7 Å². The molecule has 0 saturated heterocycles. The standard InChI is InChI=1S/C17H27NO2/c1-18(2)17(10-5-4-6-11-17)16(19)13-14-8-7-9-15(12-14)20-3/h7-9,12,16,19H,4-6,10-11,13H2,1-3H3. The Morgan fingerprint density at radius 1 is 1.25 bits per heavy atom. The minimum atomic E-state index is -0.329. The van der Waals surface area contributed by atoms with E-state index in [1.807, 2.05) is 18.2 Å². The Morgan fingerprint density at radius 2 is 1.95 bits per heavy atom. The second-order valence-electron chi connectivity index (χ2n) is 6.13. The number of rotatable bonds is 5. The summed E-state index contributed by atoms with van der Waals surface area (Å²) in [6.45, 7) is 0. The first-order valence-electron chi connectivity index (χ1n) is 7.57. The highest BCUT2D eigenvalue weighted by atomic mass is 16.5. The van der Waals surface area contributed by atoms with Crippen molar-refractivity contribution < 1.29 is 9.84 Å². The van der Waals surface area contributed by atoms with Crippen LogP contribution in [-0.2, 0) is 6.42 Å². The van der Waals surface area contributed by atoms with Gasteiger partial charge in [-0.2, -0.15) is 0 Å². The van der Waals surface area contributed by atoms with Gasteiger partial charge >= 0.3 is 0 Å². The van der Waals surface area contributed by atoms with Crippen molar-refractivity contribution in [2.24, 2.45) is 0 Å². The molecule has 1 aromatic carbocycles. The highest BCUT2D eigenvalue weighted by Crippen LogP contribution is 2.36. The number of hydrogen-bond donors (Lipinski definition) is 1. The zero-order valence-electron chi connectivity index (χ0n) is 12.9. The van der Waals surface area contributed by atoms with Gasteiger partial charge in [0.1, 0.15) is 5.75 Å². The van der Waals surface area contributed by atoms with Gasteiger partial charge in [-0.1, -0.05) is 31.4 Å². The third kappa shape index (κ3) is 3.15. The number of ether oxygens (including phenoxy) is 1. The van der Waals surface area contributed by atoms with Crippen molar-refractivity contribution in [1.29, 1.82) is 0 Å². The van der Waals surface area contributed by atoms with E-state index in [9.17, 15) is 5.11 Å². The predicted octanol–water partition coefficient (Wildman–Crippen LogP) is 2.86. The third-order valence-electron chi connectivity index (χ3n) is 4.79. The van der Waals surface area contributed by atoms with Crippen LogP contribution in [0.25, 0.3) is 0 Å². The van der Waals surface area contributed by atoms with Crippen LogP contribution in [0.4, 0.5) is 0 Å². The Kier molecular flexibility index (Phi) is 5.06. The molecule has 3 heteroatoms. The highest BCUT2D eigenvalue weighted by molar-refractivity contribution is 5.29. The zero-order valence-corrected chi connectivity index (χ0v) is 12.9. The van der Waals surface area contributed by atoms with Crippen LogP contribution in [0.15, 0.2) is 24.3 Å². The summed E-state index contributed by atoms with van der Waals surface area (Å²) in [6, 6.07) is 8.02. The van der Waals surface area contributed by atoms with Crippen LogP contribution >= 0.6 is 0 Å². The molecule has 0 bridgehead atoms. The normalized spacial score (nSPS) is 19.9. The Morgan fingerprint density at radius 3 is 2.55 bits per heavy atom. The van der Waals surface area contributed by atoms with Crippen molar-refractivity contribution in [2.45, 2.75) is 50.2 Å². The molecule has 20 heavy (non-hydrogen) atoms. The highest BCUT2D eigenvalue weighted by Gasteiger charge is 2.40. The third-order valence-corrected chi connectivity index (χ3v) is 4.79. The van der Waals surface area contributed by atoms with Crippen LogP contribution in [0.1, 0.15) is 37.7 Å². The van der Waals surface area contributed by atoms with E-state index in [0.29, 0.717) is 6.42 Å². The SMILES string of the molecule is COc1cccc(CC(O)C2(N(C)C)CCCCC2)c1. The van der Waals surface area contributed by atoms with E-state index in [1.54, 1.807) is 7.11 Å². The molecule has 0 radical (unpaired) electrons. The first kappa shape index (κ1) is 15.3. The van der Waals surface area contributed by atoms with Gasteiger partial charge in [-0.15, -0.1) is 0 Å². The number of likely N-dealkylation sites (N-methyl/N-ethyl adjacent to an activating group) is 1. The Labute approximate surface area is 122 Å². The zero-order chi connectivity index (χ0) is 14.6. The van der Waals surface area contributed by atoms with Crippen molar-refractivity contribution in [1.82, 2.24) is 4.90 Å². The summed E-state index contributed by atoms with van der Waals surface area (Å²) in [5, 5.41) is 10.8. The van der Waals surface area contributed by atoms with Crippen LogP contribution in [-0.4, -0.2) is 42.9 Å². The van der Waals surface area contributed by atoms with Gasteiger partial charge in [0.25, 0.3) is 0 Å². The average molecular weight is 277 g/mol. The molecular formula is C17H27NO2. The summed E-state index contributed by atoms with van der Waals surface area (Å²) >= 11 is 0. The van der Waals surface area contributed by atoms with Crippen LogP contribution in [0, 0.1) is 0 Å². The molecule has 1 fully saturated rings. The Bertz CT molecular complexity index is 425.